The van der Waals surface area contributed by atoms with E-state index in [0.717, 1.165) is 5.56 Å². The van der Waals surface area contributed by atoms with Gasteiger partial charge in [0.15, 0.2) is 0 Å². The molecule has 1 unspecified atom stereocenters. The quantitative estimate of drug-likeness (QED) is 0.671. The summed E-state index contributed by atoms with van der Waals surface area (Å²) in [7, 11) is 0. The highest BCUT2D eigenvalue weighted by Gasteiger charge is 2.26. The van der Waals surface area contributed by atoms with E-state index in [1.165, 1.54) is 4.68 Å². The van der Waals surface area contributed by atoms with Crippen molar-refractivity contribution < 1.29 is 9.72 Å². The highest BCUT2D eigenvalue weighted by molar-refractivity contribution is 6.31. The SMILES string of the molecule is Cc1nn(C(C)C(=O)NCc2ccccc2Cl)c(C)c1[N+](=O)[O-]. The normalized spacial score (nSPS) is 12.0. The van der Waals surface area contributed by atoms with Gasteiger partial charge in [0.1, 0.15) is 17.4 Å². The molecule has 1 aromatic heterocycles. The standard InChI is InChI=1S/C15H17ClN4O3/c1-9-14(20(22)23)10(2)19(18-9)11(3)15(21)17-8-12-6-4-5-7-13(12)16/h4-7,11H,8H2,1-3H3,(H,17,21). The molecule has 1 heterocycles. The van der Waals surface area contributed by atoms with Crippen LogP contribution in [0.4, 0.5) is 5.69 Å². The van der Waals surface area contributed by atoms with Gasteiger partial charge in [0.05, 0.1) is 4.92 Å². The summed E-state index contributed by atoms with van der Waals surface area (Å²) in [6, 6.07) is 6.55. The largest absolute Gasteiger partial charge is 0.350 e. The summed E-state index contributed by atoms with van der Waals surface area (Å²) in [5.74, 6) is -0.287. The number of rotatable bonds is 5. The van der Waals surface area contributed by atoms with Gasteiger partial charge >= 0.3 is 5.69 Å². The van der Waals surface area contributed by atoms with E-state index in [4.69, 9.17) is 11.6 Å². The molecule has 0 bridgehead atoms. The van der Waals surface area contributed by atoms with E-state index in [1.54, 1.807) is 26.8 Å². The molecule has 1 N–H and O–H groups in total. The zero-order chi connectivity index (χ0) is 17.1. The van der Waals surface area contributed by atoms with Crippen LogP contribution in [0.15, 0.2) is 24.3 Å². The summed E-state index contributed by atoms with van der Waals surface area (Å²) in [6.07, 6.45) is 0. The van der Waals surface area contributed by atoms with Gasteiger partial charge in [0.2, 0.25) is 5.91 Å². The highest BCUT2D eigenvalue weighted by Crippen LogP contribution is 2.24. The van der Waals surface area contributed by atoms with Crippen molar-refractivity contribution in [2.75, 3.05) is 0 Å². The number of halogens is 1. The van der Waals surface area contributed by atoms with Gasteiger partial charge in [-0.15, -0.1) is 0 Å². The Kier molecular flexibility index (Phi) is 5.00. The van der Waals surface area contributed by atoms with Crippen LogP contribution >= 0.6 is 11.6 Å². The zero-order valence-corrected chi connectivity index (χ0v) is 13.8. The molecule has 2 rings (SSSR count). The number of aryl methyl sites for hydroxylation is 1. The second-order valence-corrected chi connectivity index (χ2v) is 5.61. The van der Waals surface area contributed by atoms with E-state index >= 15 is 0 Å². The van der Waals surface area contributed by atoms with E-state index in [0.29, 0.717) is 16.4 Å². The summed E-state index contributed by atoms with van der Waals surface area (Å²) in [5.41, 5.74) is 1.39. The molecule has 1 aromatic carbocycles. The molecule has 0 radical (unpaired) electrons. The molecule has 0 spiro atoms. The maximum Gasteiger partial charge on any atom is 0.312 e. The van der Waals surface area contributed by atoms with Gasteiger partial charge in [-0.25, -0.2) is 0 Å². The van der Waals surface area contributed by atoms with Crippen molar-refractivity contribution in [1.29, 1.82) is 0 Å². The van der Waals surface area contributed by atoms with E-state index in [1.807, 2.05) is 18.2 Å². The number of nitrogens with zero attached hydrogens (tertiary/aromatic N) is 3. The lowest BCUT2D eigenvalue weighted by Crippen LogP contribution is -2.31. The molecule has 1 atom stereocenters. The maximum atomic E-state index is 12.3. The molecule has 8 heteroatoms. The van der Waals surface area contributed by atoms with E-state index in [9.17, 15) is 14.9 Å². The number of benzene rings is 1. The fourth-order valence-electron chi connectivity index (χ4n) is 2.38. The minimum Gasteiger partial charge on any atom is -0.350 e. The molecule has 23 heavy (non-hydrogen) atoms. The third-order valence-electron chi connectivity index (χ3n) is 3.63. The molecule has 0 aliphatic carbocycles. The number of aromatic nitrogens is 2. The third kappa shape index (κ3) is 3.50. The summed E-state index contributed by atoms with van der Waals surface area (Å²) < 4.78 is 1.37. The van der Waals surface area contributed by atoms with Crippen LogP contribution < -0.4 is 5.32 Å². The van der Waals surface area contributed by atoms with Crippen LogP contribution in [0.25, 0.3) is 0 Å². The first kappa shape index (κ1) is 17.0. The number of nitrogens with one attached hydrogen (secondary N) is 1. The van der Waals surface area contributed by atoms with E-state index in [-0.39, 0.29) is 18.1 Å². The van der Waals surface area contributed by atoms with Gasteiger partial charge in [0.25, 0.3) is 0 Å². The van der Waals surface area contributed by atoms with Crippen molar-refractivity contribution >= 4 is 23.2 Å². The smallest absolute Gasteiger partial charge is 0.312 e. The predicted molar refractivity (Wildman–Crippen MR) is 86.4 cm³/mol. The summed E-state index contributed by atoms with van der Waals surface area (Å²) in [4.78, 5) is 22.8. The first-order valence-corrected chi connectivity index (χ1v) is 7.42. The monoisotopic (exact) mass is 336 g/mol. The van der Waals surface area contributed by atoms with E-state index < -0.39 is 11.0 Å². The lowest BCUT2D eigenvalue weighted by atomic mass is 10.2. The molecule has 0 fully saturated rings. The molecular weight excluding hydrogens is 320 g/mol. The minimum absolute atomic E-state index is 0.0595. The van der Waals surface area contributed by atoms with Gasteiger partial charge in [-0.2, -0.15) is 5.10 Å². The fourth-order valence-corrected chi connectivity index (χ4v) is 2.58. The van der Waals surface area contributed by atoms with Crippen LogP contribution in [-0.4, -0.2) is 20.6 Å². The van der Waals surface area contributed by atoms with Crippen LogP contribution in [0.2, 0.25) is 5.02 Å². The molecule has 7 nitrogen and oxygen atoms in total. The number of carbonyl (C=O) groups is 1. The van der Waals surface area contributed by atoms with Crippen LogP contribution in [0.5, 0.6) is 0 Å². The third-order valence-corrected chi connectivity index (χ3v) is 4.00. The Balaban J connectivity index is 2.13. The second-order valence-electron chi connectivity index (χ2n) is 5.21. The molecule has 1 amide bonds. The van der Waals surface area contributed by atoms with Crippen LogP contribution in [-0.2, 0) is 11.3 Å². The molecule has 0 saturated heterocycles. The molecule has 0 aliphatic heterocycles. The lowest BCUT2D eigenvalue weighted by Gasteiger charge is -2.14. The van der Waals surface area contributed by atoms with Crippen LogP contribution in [0, 0.1) is 24.0 Å². The predicted octanol–water partition coefficient (Wildman–Crippen LogP) is 2.94. The van der Waals surface area contributed by atoms with Crippen molar-refractivity contribution in [2.45, 2.75) is 33.4 Å². The topological polar surface area (TPSA) is 90.1 Å². The number of amides is 1. The average Bonchev–Trinajstić information content (AvgIpc) is 2.80. The van der Waals surface area contributed by atoms with Gasteiger partial charge < -0.3 is 5.32 Å². The Morgan fingerprint density at radius 2 is 2.09 bits per heavy atom. The van der Waals surface area contributed by atoms with E-state index in [2.05, 4.69) is 10.4 Å². The Morgan fingerprint density at radius 3 is 2.65 bits per heavy atom. The summed E-state index contributed by atoms with van der Waals surface area (Å²) >= 11 is 6.04. The maximum absolute atomic E-state index is 12.3. The summed E-state index contributed by atoms with van der Waals surface area (Å²) in [5, 5.41) is 18.5. The molecule has 0 saturated carbocycles. The first-order chi connectivity index (χ1) is 10.8. The fraction of sp³-hybridized carbons (Fsp3) is 0.333. The number of hydrogen-bond acceptors (Lipinski definition) is 4. The van der Waals surface area contributed by atoms with Crippen molar-refractivity contribution in [3.63, 3.8) is 0 Å². The molecule has 2 aromatic rings. The zero-order valence-electron chi connectivity index (χ0n) is 13.0. The molecular formula is C15H17ClN4O3. The average molecular weight is 337 g/mol. The van der Waals surface area contributed by atoms with Crippen LogP contribution in [0.1, 0.15) is 29.9 Å². The number of carbonyl (C=O) groups excluding carboxylic acids is 1. The van der Waals surface area contributed by atoms with Crippen molar-refractivity contribution in [1.82, 2.24) is 15.1 Å². The lowest BCUT2D eigenvalue weighted by molar-refractivity contribution is -0.386. The Morgan fingerprint density at radius 1 is 1.43 bits per heavy atom. The molecule has 122 valence electrons. The minimum atomic E-state index is -0.662. The molecule has 0 aliphatic rings. The first-order valence-electron chi connectivity index (χ1n) is 7.04. The van der Waals surface area contributed by atoms with Crippen molar-refractivity contribution in [2.24, 2.45) is 0 Å². The van der Waals surface area contributed by atoms with Gasteiger partial charge in [-0.3, -0.25) is 19.6 Å². The Labute approximate surface area is 138 Å². The summed E-state index contributed by atoms with van der Waals surface area (Å²) in [6.45, 7) is 5.06. The number of hydrogen-bond donors (Lipinski definition) is 1. The van der Waals surface area contributed by atoms with Gasteiger partial charge in [-0.1, -0.05) is 29.8 Å². The van der Waals surface area contributed by atoms with Gasteiger partial charge in [0, 0.05) is 11.6 Å². The Hall–Kier alpha value is -2.41. The Bertz CT molecular complexity index is 757. The van der Waals surface area contributed by atoms with Crippen LogP contribution in [0.3, 0.4) is 0 Å². The van der Waals surface area contributed by atoms with Gasteiger partial charge in [-0.05, 0) is 32.4 Å². The number of nitro groups is 1. The highest BCUT2D eigenvalue weighted by atomic mass is 35.5. The second kappa shape index (κ2) is 6.78. The van der Waals surface area contributed by atoms with Crippen molar-refractivity contribution in [3.8, 4) is 0 Å². The van der Waals surface area contributed by atoms with Crippen molar-refractivity contribution in [3.05, 3.63) is 56.4 Å².